The van der Waals surface area contributed by atoms with E-state index in [1.807, 2.05) is 26.0 Å². The Morgan fingerprint density at radius 3 is 3.00 bits per heavy atom. The predicted octanol–water partition coefficient (Wildman–Crippen LogP) is 1.45. The molecule has 1 atom stereocenters. The molecule has 2 aromatic rings. The van der Waals surface area contributed by atoms with Gasteiger partial charge in [0.2, 0.25) is 0 Å². The highest BCUT2D eigenvalue weighted by atomic mass is 32.2. The Morgan fingerprint density at radius 2 is 2.35 bits per heavy atom. The summed E-state index contributed by atoms with van der Waals surface area (Å²) in [6.45, 7) is 4.27. The Bertz CT molecular complexity index is 916. The molecular formula is C16H21N5O3S2. The minimum atomic E-state index is -2.96. The highest BCUT2D eigenvalue weighted by molar-refractivity contribution is 7.91. The summed E-state index contributed by atoms with van der Waals surface area (Å²) >= 11 is 5.16. The van der Waals surface area contributed by atoms with E-state index in [1.54, 1.807) is 17.2 Å². The maximum atomic E-state index is 11.7. The van der Waals surface area contributed by atoms with Crippen LogP contribution >= 0.6 is 12.2 Å². The van der Waals surface area contributed by atoms with Gasteiger partial charge in [0.25, 0.3) is 0 Å². The highest BCUT2D eigenvalue weighted by Gasteiger charge is 2.31. The third-order valence-electron chi connectivity index (χ3n) is 4.30. The van der Waals surface area contributed by atoms with Gasteiger partial charge < -0.3 is 9.73 Å². The topological polar surface area (TPSA) is 102 Å². The van der Waals surface area contributed by atoms with Gasteiger partial charge in [-0.15, -0.1) is 0 Å². The Balaban J connectivity index is 1.61. The van der Waals surface area contributed by atoms with Crippen molar-refractivity contribution < 1.29 is 12.8 Å². The molecule has 2 N–H and O–H groups in total. The average Bonchev–Trinajstić information content (AvgIpc) is 3.28. The van der Waals surface area contributed by atoms with Gasteiger partial charge in [0.05, 0.1) is 42.3 Å². The zero-order chi connectivity index (χ0) is 18.7. The van der Waals surface area contributed by atoms with Crippen LogP contribution in [0.4, 0.5) is 0 Å². The number of hydrogen-bond donors (Lipinski definition) is 2. The molecule has 8 nitrogen and oxygen atoms in total. The van der Waals surface area contributed by atoms with E-state index in [0.29, 0.717) is 18.1 Å². The standard InChI is InChI=1S/C16H21N5O3S2/c1-11-15(9-18-19-16(25)17-8-14-4-3-6-24-14)12(2)21(20-11)13-5-7-26(22,23)10-13/h3-4,6,9,13H,5,7-8,10H2,1-2H3,(H2,17,19,25)/b18-9-/t13-/m0/s1. The molecule has 3 heterocycles. The zero-order valence-electron chi connectivity index (χ0n) is 14.6. The molecule has 10 heteroatoms. The van der Waals surface area contributed by atoms with Gasteiger partial charge in [0, 0.05) is 11.3 Å². The van der Waals surface area contributed by atoms with Crippen molar-refractivity contribution >= 4 is 33.4 Å². The number of rotatable bonds is 5. The maximum Gasteiger partial charge on any atom is 0.187 e. The van der Waals surface area contributed by atoms with Crippen LogP contribution in [0.5, 0.6) is 0 Å². The smallest absolute Gasteiger partial charge is 0.187 e. The van der Waals surface area contributed by atoms with E-state index in [-0.39, 0.29) is 17.5 Å². The van der Waals surface area contributed by atoms with E-state index in [4.69, 9.17) is 16.6 Å². The first kappa shape index (κ1) is 18.6. The Labute approximate surface area is 157 Å². The van der Waals surface area contributed by atoms with Gasteiger partial charge in [0.15, 0.2) is 14.9 Å². The van der Waals surface area contributed by atoms with Crippen molar-refractivity contribution in [1.29, 1.82) is 0 Å². The van der Waals surface area contributed by atoms with Crippen molar-refractivity contribution in [3.05, 3.63) is 41.1 Å². The minimum absolute atomic E-state index is 0.107. The summed E-state index contributed by atoms with van der Waals surface area (Å²) in [4.78, 5) is 0. The third-order valence-corrected chi connectivity index (χ3v) is 6.28. The van der Waals surface area contributed by atoms with Crippen LogP contribution < -0.4 is 10.7 Å². The third kappa shape index (κ3) is 4.31. The van der Waals surface area contributed by atoms with Crippen molar-refractivity contribution in [3.8, 4) is 0 Å². The fraction of sp³-hybridized carbons (Fsp3) is 0.438. The largest absolute Gasteiger partial charge is 0.467 e. The van der Waals surface area contributed by atoms with Crippen LogP contribution in [0.3, 0.4) is 0 Å². The van der Waals surface area contributed by atoms with Gasteiger partial charge in [-0.2, -0.15) is 10.2 Å². The fourth-order valence-electron chi connectivity index (χ4n) is 2.96. The molecule has 0 amide bonds. The minimum Gasteiger partial charge on any atom is -0.467 e. The number of aromatic nitrogens is 2. The predicted molar refractivity (Wildman–Crippen MR) is 103 cm³/mol. The molecule has 140 valence electrons. The van der Waals surface area contributed by atoms with Crippen LogP contribution in [-0.2, 0) is 16.4 Å². The van der Waals surface area contributed by atoms with E-state index in [9.17, 15) is 8.42 Å². The molecule has 26 heavy (non-hydrogen) atoms. The summed E-state index contributed by atoms with van der Waals surface area (Å²) in [6.07, 6.45) is 3.85. The fourth-order valence-corrected chi connectivity index (χ4v) is 4.78. The van der Waals surface area contributed by atoms with E-state index < -0.39 is 9.84 Å². The van der Waals surface area contributed by atoms with Crippen LogP contribution in [0.1, 0.15) is 35.2 Å². The quantitative estimate of drug-likeness (QED) is 0.449. The molecule has 0 saturated carbocycles. The summed E-state index contributed by atoms with van der Waals surface area (Å²) in [6, 6.07) is 3.55. The number of hydrogen-bond acceptors (Lipinski definition) is 6. The molecule has 0 aromatic carbocycles. The van der Waals surface area contributed by atoms with E-state index in [0.717, 1.165) is 22.7 Å². The van der Waals surface area contributed by atoms with Crippen LogP contribution in [0.25, 0.3) is 0 Å². The summed E-state index contributed by atoms with van der Waals surface area (Å²) in [7, 11) is -2.96. The second-order valence-electron chi connectivity index (χ2n) is 6.22. The Hall–Kier alpha value is -2.20. The van der Waals surface area contributed by atoms with Crippen LogP contribution in [-0.4, -0.2) is 41.0 Å². The number of thiocarbonyl (C=S) groups is 1. The second kappa shape index (κ2) is 7.58. The molecule has 1 saturated heterocycles. The number of nitrogens with one attached hydrogen (secondary N) is 2. The summed E-state index contributed by atoms with van der Waals surface area (Å²) in [5.74, 6) is 1.14. The van der Waals surface area contributed by atoms with Gasteiger partial charge in [-0.1, -0.05) is 0 Å². The first-order chi connectivity index (χ1) is 12.4. The van der Waals surface area contributed by atoms with Gasteiger partial charge in [-0.05, 0) is 44.6 Å². The summed E-state index contributed by atoms with van der Waals surface area (Å²) in [5.41, 5.74) is 5.30. The first-order valence-corrected chi connectivity index (χ1v) is 10.4. The van der Waals surface area contributed by atoms with Crippen LogP contribution in [0.15, 0.2) is 27.9 Å². The summed E-state index contributed by atoms with van der Waals surface area (Å²) < 4.78 is 30.4. The molecule has 2 aromatic heterocycles. The van der Waals surface area contributed by atoms with Crippen LogP contribution in [0, 0.1) is 13.8 Å². The lowest BCUT2D eigenvalue weighted by Gasteiger charge is -2.10. The van der Waals surface area contributed by atoms with Crippen molar-refractivity contribution in [2.75, 3.05) is 11.5 Å². The second-order valence-corrected chi connectivity index (χ2v) is 8.85. The maximum absolute atomic E-state index is 11.7. The number of aryl methyl sites for hydroxylation is 1. The van der Waals surface area contributed by atoms with Gasteiger partial charge in [0.1, 0.15) is 5.76 Å². The number of nitrogens with zero attached hydrogens (tertiary/aromatic N) is 3. The molecule has 0 spiro atoms. The molecule has 0 bridgehead atoms. The zero-order valence-corrected chi connectivity index (χ0v) is 16.2. The number of sulfone groups is 1. The summed E-state index contributed by atoms with van der Waals surface area (Å²) in [5, 5.41) is 12.0. The number of furan rings is 1. The Morgan fingerprint density at radius 1 is 1.54 bits per heavy atom. The van der Waals surface area contributed by atoms with Crippen LogP contribution in [0.2, 0.25) is 0 Å². The molecule has 0 radical (unpaired) electrons. The molecular weight excluding hydrogens is 374 g/mol. The van der Waals surface area contributed by atoms with E-state index >= 15 is 0 Å². The molecule has 0 aliphatic carbocycles. The van der Waals surface area contributed by atoms with Gasteiger partial charge in [-0.3, -0.25) is 10.1 Å². The van der Waals surface area contributed by atoms with E-state index in [2.05, 4.69) is 20.9 Å². The highest BCUT2D eigenvalue weighted by Crippen LogP contribution is 2.26. The number of hydrazone groups is 1. The SMILES string of the molecule is Cc1nn([C@H]2CCS(=O)(=O)C2)c(C)c1/C=N\NC(=S)NCc1ccco1. The Kier molecular flexibility index (Phi) is 5.42. The molecule has 3 rings (SSSR count). The van der Waals surface area contributed by atoms with Crippen molar-refractivity contribution in [3.63, 3.8) is 0 Å². The van der Waals surface area contributed by atoms with E-state index in [1.165, 1.54) is 0 Å². The lowest BCUT2D eigenvalue weighted by molar-refractivity contribution is 0.486. The monoisotopic (exact) mass is 395 g/mol. The van der Waals surface area contributed by atoms with Crippen molar-refractivity contribution in [2.24, 2.45) is 5.10 Å². The van der Waals surface area contributed by atoms with Crippen molar-refractivity contribution in [2.45, 2.75) is 32.9 Å². The van der Waals surface area contributed by atoms with Gasteiger partial charge in [-0.25, -0.2) is 8.42 Å². The molecule has 1 fully saturated rings. The lowest BCUT2D eigenvalue weighted by Crippen LogP contribution is -2.31. The normalized spacial score (nSPS) is 19.1. The van der Waals surface area contributed by atoms with Crippen molar-refractivity contribution in [1.82, 2.24) is 20.5 Å². The van der Waals surface area contributed by atoms with Gasteiger partial charge >= 0.3 is 0 Å². The molecule has 1 aliphatic rings. The average molecular weight is 396 g/mol. The lowest BCUT2D eigenvalue weighted by atomic mass is 10.2. The first-order valence-electron chi connectivity index (χ1n) is 8.21. The molecule has 1 aliphatic heterocycles. The molecule has 0 unspecified atom stereocenters.